The molecule has 2 amide bonds. The number of hydrogen-bond donors (Lipinski definition) is 2. The molecule has 2 N–H and O–H groups in total. The first kappa shape index (κ1) is 15.6. The van der Waals surface area contributed by atoms with Crippen molar-refractivity contribution in [2.45, 2.75) is 26.6 Å². The topological polar surface area (TPSA) is 71.8 Å². The highest BCUT2D eigenvalue weighted by Gasteiger charge is 2.07. The molecule has 2 rings (SSSR count). The van der Waals surface area contributed by atoms with Gasteiger partial charge in [-0.1, -0.05) is 29.3 Å². The highest BCUT2D eigenvalue weighted by molar-refractivity contribution is 6.35. The summed E-state index contributed by atoms with van der Waals surface area (Å²) >= 11 is 11.8. The van der Waals surface area contributed by atoms with Gasteiger partial charge in [0.2, 0.25) is 0 Å². The summed E-state index contributed by atoms with van der Waals surface area (Å²) < 4.78 is 1.86. The summed E-state index contributed by atoms with van der Waals surface area (Å²) in [6.45, 7) is 3.37. The highest BCUT2D eigenvalue weighted by Crippen LogP contribution is 2.20. The van der Waals surface area contributed by atoms with E-state index < -0.39 is 0 Å². The lowest BCUT2D eigenvalue weighted by molar-refractivity contribution is 0.239. The summed E-state index contributed by atoms with van der Waals surface area (Å²) in [5, 5.41) is 14.3. The van der Waals surface area contributed by atoms with Crippen molar-refractivity contribution in [1.29, 1.82) is 0 Å². The number of halogens is 2. The molecule has 0 radical (unpaired) electrons. The standard InChI is InChI=1S/C13H15Cl2N5O/c1-2-20-8-18-19-12(20)7-17-13(21)16-6-9-3-4-10(14)5-11(9)15/h3-5,8H,2,6-7H2,1H3,(H2,16,17,21). The van der Waals surface area contributed by atoms with Crippen molar-refractivity contribution in [3.63, 3.8) is 0 Å². The Morgan fingerprint density at radius 3 is 2.76 bits per heavy atom. The molecule has 0 aliphatic heterocycles. The van der Waals surface area contributed by atoms with Crippen molar-refractivity contribution in [2.24, 2.45) is 0 Å². The molecule has 8 heteroatoms. The number of hydrogen-bond acceptors (Lipinski definition) is 3. The number of carbonyl (C=O) groups is 1. The molecule has 0 bridgehead atoms. The smallest absolute Gasteiger partial charge is 0.315 e. The van der Waals surface area contributed by atoms with Crippen LogP contribution in [-0.4, -0.2) is 20.8 Å². The normalized spacial score (nSPS) is 10.4. The number of nitrogens with one attached hydrogen (secondary N) is 2. The minimum absolute atomic E-state index is 0.299. The van der Waals surface area contributed by atoms with Gasteiger partial charge >= 0.3 is 6.03 Å². The van der Waals surface area contributed by atoms with E-state index in [-0.39, 0.29) is 6.03 Å². The second-order valence-electron chi connectivity index (χ2n) is 4.31. The van der Waals surface area contributed by atoms with Gasteiger partial charge in [-0.05, 0) is 24.6 Å². The number of benzene rings is 1. The summed E-state index contributed by atoms with van der Waals surface area (Å²) in [4.78, 5) is 11.7. The van der Waals surface area contributed by atoms with Gasteiger partial charge < -0.3 is 15.2 Å². The van der Waals surface area contributed by atoms with Crippen molar-refractivity contribution in [2.75, 3.05) is 0 Å². The Morgan fingerprint density at radius 1 is 1.29 bits per heavy atom. The summed E-state index contributed by atoms with van der Waals surface area (Å²) in [6.07, 6.45) is 1.63. The van der Waals surface area contributed by atoms with Crippen LogP contribution in [0.4, 0.5) is 4.79 Å². The van der Waals surface area contributed by atoms with Crippen LogP contribution in [0.3, 0.4) is 0 Å². The average molecular weight is 328 g/mol. The highest BCUT2D eigenvalue weighted by atomic mass is 35.5. The molecule has 0 saturated heterocycles. The predicted molar refractivity (Wildman–Crippen MR) is 81.2 cm³/mol. The molecule has 1 heterocycles. The first-order valence-electron chi connectivity index (χ1n) is 6.42. The second kappa shape index (κ2) is 7.28. The largest absolute Gasteiger partial charge is 0.334 e. The Balaban J connectivity index is 1.82. The Bertz CT molecular complexity index is 629. The molecule has 0 aliphatic rings. The quantitative estimate of drug-likeness (QED) is 0.886. The van der Waals surface area contributed by atoms with E-state index in [9.17, 15) is 4.79 Å². The first-order chi connectivity index (χ1) is 10.1. The van der Waals surface area contributed by atoms with Gasteiger partial charge in [-0.2, -0.15) is 0 Å². The maximum absolute atomic E-state index is 11.7. The number of carbonyl (C=O) groups excluding carboxylic acids is 1. The van der Waals surface area contributed by atoms with Crippen LogP contribution in [0.2, 0.25) is 10.0 Å². The lowest BCUT2D eigenvalue weighted by atomic mass is 10.2. The van der Waals surface area contributed by atoms with Gasteiger partial charge in [-0.15, -0.1) is 10.2 Å². The van der Waals surface area contributed by atoms with E-state index in [0.29, 0.717) is 29.0 Å². The number of nitrogens with zero attached hydrogens (tertiary/aromatic N) is 3. The van der Waals surface area contributed by atoms with Gasteiger partial charge in [0.25, 0.3) is 0 Å². The summed E-state index contributed by atoms with van der Waals surface area (Å²) in [5.74, 6) is 0.706. The van der Waals surface area contributed by atoms with Gasteiger partial charge in [0.05, 0.1) is 6.54 Å². The third-order valence-corrected chi connectivity index (χ3v) is 3.48. The van der Waals surface area contributed by atoms with Gasteiger partial charge in [0, 0.05) is 23.1 Å². The van der Waals surface area contributed by atoms with E-state index in [1.807, 2.05) is 11.5 Å². The lowest BCUT2D eigenvalue weighted by Crippen LogP contribution is -2.35. The van der Waals surface area contributed by atoms with Crippen LogP contribution in [0.1, 0.15) is 18.3 Å². The van der Waals surface area contributed by atoms with Gasteiger partial charge in [0.1, 0.15) is 6.33 Å². The Morgan fingerprint density at radius 2 is 2.05 bits per heavy atom. The Hall–Kier alpha value is -1.79. The molecule has 0 unspecified atom stereocenters. The van der Waals surface area contributed by atoms with Crippen LogP contribution in [0.5, 0.6) is 0 Å². The van der Waals surface area contributed by atoms with Crippen LogP contribution < -0.4 is 10.6 Å². The van der Waals surface area contributed by atoms with E-state index in [4.69, 9.17) is 23.2 Å². The number of rotatable bonds is 5. The minimum Gasteiger partial charge on any atom is -0.334 e. The van der Waals surface area contributed by atoms with Crippen molar-refractivity contribution in [3.8, 4) is 0 Å². The molecule has 0 spiro atoms. The predicted octanol–water partition coefficient (Wildman–Crippen LogP) is 2.60. The zero-order chi connectivity index (χ0) is 15.2. The summed E-state index contributed by atoms with van der Waals surface area (Å²) in [5.41, 5.74) is 0.799. The van der Waals surface area contributed by atoms with Crippen LogP contribution in [0.15, 0.2) is 24.5 Å². The molecule has 0 saturated carbocycles. The second-order valence-corrected chi connectivity index (χ2v) is 5.15. The van der Waals surface area contributed by atoms with Gasteiger partial charge in [-0.3, -0.25) is 0 Å². The molecule has 1 aromatic heterocycles. The van der Waals surface area contributed by atoms with Crippen LogP contribution in [0, 0.1) is 0 Å². The van der Waals surface area contributed by atoms with Crippen molar-refractivity contribution in [1.82, 2.24) is 25.4 Å². The fourth-order valence-electron chi connectivity index (χ4n) is 1.74. The molecule has 0 aliphatic carbocycles. The third kappa shape index (κ3) is 4.34. The van der Waals surface area contributed by atoms with Gasteiger partial charge in [-0.25, -0.2) is 4.79 Å². The molecular weight excluding hydrogens is 313 g/mol. The maximum atomic E-state index is 11.7. The SMILES string of the molecule is CCn1cnnc1CNC(=O)NCc1ccc(Cl)cc1Cl. The minimum atomic E-state index is -0.299. The molecule has 0 fully saturated rings. The zero-order valence-electron chi connectivity index (χ0n) is 11.4. The van der Waals surface area contributed by atoms with E-state index in [1.54, 1.807) is 24.5 Å². The van der Waals surface area contributed by atoms with Crippen molar-refractivity contribution < 1.29 is 4.79 Å². The Labute approximate surface area is 132 Å². The van der Waals surface area contributed by atoms with E-state index in [0.717, 1.165) is 12.1 Å². The van der Waals surface area contributed by atoms with Crippen LogP contribution in [0.25, 0.3) is 0 Å². The number of aryl methyl sites for hydroxylation is 1. The molecule has 1 aromatic carbocycles. The average Bonchev–Trinajstić information content (AvgIpc) is 2.91. The fourth-order valence-corrected chi connectivity index (χ4v) is 2.22. The number of aromatic nitrogens is 3. The van der Waals surface area contributed by atoms with E-state index in [1.165, 1.54) is 0 Å². The molecule has 6 nitrogen and oxygen atoms in total. The summed E-state index contributed by atoms with van der Waals surface area (Å²) in [6, 6.07) is 4.85. The van der Waals surface area contributed by atoms with Crippen LogP contribution in [-0.2, 0) is 19.6 Å². The van der Waals surface area contributed by atoms with E-state index >= 15 is 0 Å². The molecule has 2 aromatic rings. The molecule has 21 heavy (non-hydrogen) atoms. The number of urea groups is 1. The summed E-state index contributed by atoms with van der Waals surface area (Å²) in [7, 11) is 0. The molecule has 0 atom stereocenters. The maximum Gasteiger partial charge on any atom is 0.315 e. The Kier molecular flexibility index (Phi) is 5.41. The molecular formula is C13H15Cl2N5O. The lowest BCUT2D eigenvalue weighted by Gasteiger charge is -2.09. The zero-order valence-corrected chi connectivity index (χ0v) is 12.9. The fraction of sp³-hybridized carbons (Fsp3) is 0.308. The monoisotopic (exact) mass is 327 g/mol. The van der Waals surface area contributed by atoms with E-state index in [2.05, 4.69) is 20.8 Å². The first-order valence-corrected chi connectivity index (χ1v) is 7.18. The third-order valence-electron chi connectivity index (χ3n) is 2.90. The van der Waals surface area contributed by atoms with Crippen molar-refractivity contribution >= 4 is 29.2 Å². The molecule has 112 valence electrons. The van der Waals surface area contributed by atoms with Crippen LogP contribution >= 0.6 is 23.2 Å². The number of amides is 2. The van der Waals surface area contributed by atoms with Crippen molar-refractivity contribution in [3.05, 3.63) is 46.0 Å². The van der Waals surface area contributed by atoms with Gasteiger partial charge in [0.15, 0.2) is 5.82 Å².